The first-order chi connectivity index (χ1) is 11.2. The maximum absolute atomic E-state index is 12.0. The Balaban J connectivity index is 1.50. The zero-order valence-electron chi connectivity index (χ0n) is 12.8. The number of amides is 1. The topological polar surface area (TPSA) is 55.1 Å². The molecule has 1 amide bonds. The van der Waals surface area contributed by atoms with Crippen LogP contribution < -0.4 is 5.32 Å². The lowest BCUT2D eigenvalue weighted by atomic mass is 9.95. The summed E-state index contributed by atoms with van der Waals surface area (Å²) in [5, 5.41) is 4.28. The van der Waals surface area contributed by atoms with Crippen molar-refractivity contribution < 1.29 is 9.21 Å². The van der Waals surface area contributed by atoms with E-state index in [0.29, 0.717) is 27.8 Å². The molecule has 1 aromatic carbocycles. The lowest BCUT2D eigenvalue weighted by molar-refractivity contribution is -0.119. The molecule has 0 atom stereocenters. The minimum Gasteiger partial charge on any atom is -0.431 e. The summed E-state index contributed by atoms with van der Waals surface area (Å²) >= 11 is 7.19. The average Bonchev–Trinajstić information content (AvgIpc) is 3.04. The lowest BCUT2D eigenvalue weighted by Gasteiger charge is -2.22. The van der Waals surface area contributed by atoms with Gasteiger partial charge in [-0.1, -0.05) is 42.6 Å². The van der Waals surface area contributed by atoms with Crippen molar-refractivity contribution in [2.45, 2.75) is 43.4 Å². The van der Waals surface area contributed by atoms with Crippen molar-refractivity contribution in [1.29, 1.82) is 0 Å². The second-order valence-corrected chi connectivity index (χ2v) is 7.05. The van der Waals surface area contributed by atoms with Crippen molar-refractivity contribution in [2.24, 2.45) is 0 Å². The van der Waals surface area contributed by atoms with E-state index >= 15 is 0 Å². The predicted octanol–water partition coefficient (Wildman–Crippen LogP) is 4.54. The molecule has 6 heteroatoms. The number of hydrogen-bond acceptors (Lipinski definition) is 4. The molecule has 0 saturated heterocycles. The Labute approximate surface area is 145 Å². The van der Waals surface area contributed by atoms with Crippen LogP contribution in [0.1, 0.15) is 32.1 Å². The minimum absolute atomic E-state index is 0.0492. The monoisotopic (exact) mass is 350 g/mol. The third kappa shape index (κ3) is 4.75. The molecule has 23 heavy (non-hydrogen) atoms. The maximum atomic E-state index is 12.0. The molecule has 1 fully saturated rings. The van der Waals surface area contributed by atoms with Crippen LogP contribution >= 0.6 is 23.4 Å². The van der Waals surface area contributed by atoms with Gasteiger partial charge in [0.15, 0.2) is 5.76 Å². The van der Waals surface area contributed by atoms with Gasteiger partial charge in [-0.2, -0.15) is 0 Å². The second kappa shape index (κ2) is 7.88. The summed E-state index contributed by atoms with van der Waals surface area (Å²) in [7, 11) is 0. The number of hydrogen-bond donors (Lipinski definition) is 1. The van der Waals surface area contributed by atoms with Gasteiger partial charge in [-0.15, -0.1) is 0 Å². The Kier molecular flexibility index (Phi) is 5.62. The molecule has 1 aliphatic carbocycles. The third-order valence-electron chi connectivity index (χ3n) is 3.91. The van der Waals surface area contributed by atoms with E-state index in [1.807, 2.05) is 24.3 Å². The highest BCUT2D eigenvalue weighted by molar-refractivity contribution is 7.99. The van der Waals surface area contributed by atoms with Crippen LogP contribution in [0.15, 0.2) is 40.1 Å². The summed E-state index contributed by atoms with van der Waals surface area (Å²) in [5.74, 6) is 1.06. The molecular formula is C17H19ClN2O2S. The Bertz CT molecular complexity index is 651. The summed E-state index contributed by atoms with van der Waals surface area (Å²) in [6.45, 7) is 0. The van der Waals surface area contributed by atoms with Gasteiger partial charge in [-0.3, -0.25) is 4.79 Å². The fourth-order valence-corrected chi connectivity index (χ4v) is 3.46. The summed E-state index contributed by atoms with van der Waals surface area (Å²) in [4.78, 5) is 16.2. The Morgan fingerprint density at radius 3 is 2.74 bits per heavy atom. The lowest BCUT2D eigenvalue weighted by Crippen LogP contribution is -2.37. The number of rotatable bonds is 5. The molecule has 1 saturated carbocycles. The molecule has 0 bridgehead atoms. The molecule has 0 unspecified atom stereocenters. The van der Waals surface area contributed by atoms with Crippen LogP contribution in [0, 0.1) is 0 Å². The van der Waals surface area contributed by atoms with E-state index in [0.717, 1.165) is 18.4 Å². The fraction of sp³-hybridized carbons (Fsp3) is 0.412. The maximum Gasteiger partial charge on any atom is 0.256 e. The number of halogens is 1. The molecule has 2 aromatic rings. The average molecular weight is 351 g/mol. The molecule has 1 aromatic heterocycles. The first-order valence-corrected chi connectivity index (χ1v) is 9.21. The van der Waals surface area contributed by atoms with Crippen LogP contribution in [-0.2, 0) is 4.79 Å². The number of carbonyl (C=O) groups is 1. The quantitative estimate of drug-likeness (QED) is 0.804. The first kappa shape index (κ1) is 16.4. The highest BCUT2D eigenvalue weighted by Gasteiger charge is 2.16. The first-order valence-electron chi connectivity index (χ1n) is 7.84. The number of carbonyl (C=O) groups excluding carboxylic acids is 1. The van der Waals surface area contributed by atoms with Gasteiger partial charge in [-0.25, -0.2) is 4.98 Å². The van der Waals surface area contributed by atoms with Gasteiger partial charge < -0.3 is 9.73 Å². The van der Waals surface area contributed by atoms with Crippen LogP contribution in [0.4, 0.5) is 0 Å². The van der Waals surface area contributed by atoms with Gasteiger partial charge >= 0.3 is 0 Å². The number of nitrogens with zero attached hydrogens (tertiary/aromatic N) is 1. The van der Waals surface area contributed by atoms with Crippen molar-refractivity contribution >= 4 is 29.3 Å². The van der Waals surface area contributed by atoms with E-state index in [1.54, 1.807) is 6.20 Å². The number of aromatic nitrogens is 1. The third-order valence-corrected chi connectivity index (χ3v) is 5.00. The molecule has 0 spiro atoms. The van der Waals surface area contributed by atoms with Crippen LogP contribution in [0.3, 0.4) is 0 Å². The molecule has 122 valence electrons. The van der Waals surface area contributed by atoms with Gasteiger partial charge in [0.1, 0.15) is 0 Å². The van der Waals surface area contributed by atoms with E-state index in [1.165, 1.54) is 31.0 Å². The van der Waals surface area contributed by atoms with E-state index in [4.69, 9.17) is 16.0 Å². The highest BCUT2D eigenvalue weighted by Crippen LogP contribution is 2.26. The second-order valence-electron chi connectivity index (χ2n) is 5.69. The Morgan fingerprint density at radius 1 is 1.26 bits per heavy atom. The zero-order chi connectivity index (χ0) is 16.1. The van der Waals surface area contributed by atoms with Crippen LogP contribution in [-0.4, -0.2) is 22.7 Å². The van der Waals surface area contributed by atoms with Gasteiger partial charge in [-0.05, 0) is 37.1 Å². The Hall–Kier alpha value is -1.46. The summed E-state index contributed by atoms with van der Waals surface area (Å²) < 4.78 is 5.68. The molecule has 0 radical (unpaired) electrons. The van der Waals surface area contributed by atoms with Crippen molar-refractivity contribution in [3.8, 4) is 11.3 Å². The fourth-order valence-electron chi connectivity index (χ4n) is 2.72. The predicted molar refractivity (Wildman–Crippen MR) is 92.7 cm³/mol. The van der Waals surface area contributed by atoms with E-state index in [-0.39, 0.29) is 5.91 Å². The van der Waals surface area contributed by atoms with Gasteiger partial charge in [0, 0.05) is 16.6 Å². The van der Waals surface area contributed by atoms with Gasteiger partial charge in [0.05, 0.1) is 11.9 Å². The number of benzene rings is 1. The summed E-state index contributed by atoms with van der Waals surface area (Å²) in [5.41, 5.74) is 0.917. The van der Waals surface area contributed by atoms with Crippen molar-refractivity contribution in [3.05, 3.63) is 35.5 Å². The minimum atomic E-state index is 0.0492. The number of thioether (sulfide) groups is 1. The summed E-state index contributed by atoms with van der Waals surface area (Å²) in [6.07, 6.45) is 7.56. The van der Waals surface area contributed by atoms with E-state index in [9.17, 15) is 4.79 Å². The molecule has 1 aliphatic rings. The van der Waals surface area contributed by atoms with Crippen LogP contribution in [0.5, 0.6) is 0 Å². The Morgan fingerprint density at radius 2 is 2.00 bits per heavy atom. The van der Waals surface area contributed by atoms with E-state index < -0.39 is 0 Å². The molecule has 3 rings (SSSR count). The van der Waals surface area contributed by atoms with Crippen molar-refractivity contribution in [3.63, 3.8) is 0 Å². The van der Waals surface area contributed by atoms with Gasteiger partial charge in [0.25, 0.3) is 5.22 Å². The molecular weight excluding hydrogens is 332 g/mol. The van der Waals surface area contributed by atoms with Gasteiger partial charge in [0.2, 0.25) is 5.91 Å². The molecule has 0 aliphatic heterocycles. The normalized spacial score (nSPS) is 15.5. The van der Waals surface area contributed by atoms with Crippen molar-refractivity contribution in [1.82, 2.24) is 10.3 Å². The SMILES string of the molecule is O=C(CSc1ncc(-c2ccc(Cl)cc2)o1)NC1CCCCC1. The highest BCUT2D eigenvalue weighted by atomic mass is 35.5. The molecule has 1 N–H and O–H groups in total. The zero-order valence-corrected chi connectivity index (χ0v) is 14.3. The number of nitrogens with one attached hydrogen (secondary N) is 1. The van der Waals surface area contributed by atoms with Crippen molar-refractivity contribution in [2.75, 3.05) is 5.75 Å². The summed E-state index contributed by atoms with van der Waals surface area (Å²) in [6, 6.07) is 7.72. The molecule has 1 heterocycles. The van der Waals surface area contributed by atoms with E-state index in [2.05, 4.69) is 10.3 Å². The molecule has 4 nitrogen and oxygen atoms in total. The standard InChI is InChI=1S/C17H19ClN2O2S/c18-13-8-6-12(7-9-13)15-10-19-17(22-15)23-11-16(21)20-14-4-2-1-3-5-14/h6-10,14H,1-5,11H2,(H,20,21). The van der Waals surface area contributed by atoms with Crippen LogP contribution in [0.25, 0.3) is 11.3 Å². The number of oxazole rings is 1. The van der Waals surface area contributed by atoms with Crippen LogP contribution in [0.2, 0.25) is 5.02 Å². The largest absolute Gasteiger partial charge is 0.431 e. The smallest absolute Gasteiger partial charge is 0.256 e.